The molecule has 1 aliphatic carbocycles. The molecule has 0 aromatic heterocycles. The molecule has 1 heterocycles. The number of hydrogen-bond donors (Lipinski definition) is 2. The van der Waals surface area contributed by atoms with Crippen LogP contribution in [0.1, 0.15) is 38.2 Å². The van der Waals surface area contributed by atoms with Gasteiger partial charge >= 0.3 is 0 Å². The maximum atomic E-state index is 13.2. The minimum atomic E-state index is -0.752. The number of hydrogen-bond acceptors (Lipinski definition) is 6. The second-order valence-corrected chi connectivity index (χ2v) is 10.1. The van der Waals surface area contributed by atoms with Crippen LogP contribution in [0.2, 0.25) is 10.0 Å². The Labute approximate surface area is 213 Å². The number of carbonyl (C=O) groups is 2. The summed E-state index contributed by atoms with van der Waals surface area (Å²) in [7, 11) is 0. The van der Waals surface area contributed by atoms with E-state index in [1.54, 1.807) is 42.5 Å². The highest BCUT2D eigenvalue weighted by Gasteiger charge is 2.43. The van der Waals surface area contributed by atoms with Gasteiger partial charge in [-0.05, 0) is 29.7 Å². The van der Waals surface area contributed by atoms with Gasteiger partial charge < -0.3 is 20.5 Å². The number of nitrogens with zero attached hydrogens (tertiary/aromatic N) is 1. The van der Waals surface area contributed by atoms with E-state index in [-0.39, 0.29) is 29.3 Å². The standard InChI is InChI=1S/C26H23Cl2N3O4/c1-26(2)10-19(32)24-21(11-26)35-25(30)18(12-29)23(24)17-5-3-4-6-20(17)34-13-22(33)31-16-8-14(27)7-15(28)9-16/h3-9,23H,10-11,13,30H2,1-2H3,(H,31,33). The van der Waals surface area contributed by atoms with E-state index >= 15 is 0 Å². The van der Waals surface area contributed by atoms with Gasteiger partial charge in [0.2, 0.25) is 5.88 Å². The molecular weight excluding hydrogens is 489 g/mol. The summed E-state index contributed by atoms with van der Waals surface area (Å²) >= 11 is 12.0. The zero-order chi connectivity index (χ0) is 25.3. The number of benzene rings is 2. The molecule has 0 spiro atoms. The van der Waals surface area contributed by atoms with E-state index in [2.05, 4.69) is 11.4 Å². The Hall–Kier alpha value is -3.47. The van der Waals surface area contributed by atoms with Crippen molar-refractivity contribution in [3.63, 3.8) is 0 Å². The molecule has 1 amide bonds. The normalized spacial score (nSPS) is 18.9. The third-order valence-corrected chi connectivity index (χ3v) is 6.25. The smallest absolute Gasteiger partial charge is 0.262 e. The molecule has 2 aromatic rings. The molecule has 0 bridgehead atoms. The summed E-state index contributed by atoms with van der Waals surface area (Å²) in [6, 6.07) is 13.7. The van der Waals surface area contributed by atoms with E-state index in [1.807, 2.05) is 13.8 Å². The molecule has 7 nitrogen and oxygen atoms in total. The van der Waals surface area contributed by atoms with Crippen molar-refractivity contribution in [2.75, 3.05) is 11.9 Å². The quantitative estimate of drug-likeness (QED) is 0.550. The van der Waals surface area contributed by atoms with Gasteiger partial charge in [0, 0.05) is 39.7 Å². The number of anilines is 1. The Morgan fingerprint density at radius 2 is 1.91 bits per heavy atom. The number of allylic oxidation sites excluding steroid dienone is 3. The number of amides is 1. The fourth-order valence-corrected chi connectivity index (χ4v) is 4.94. The second-order valence-electron chi connectivity index (χ2n) is 9.24. The molecule has 1 aliphatic heterocycles. The first-order valence-corrected chi connectivity index (χ1v) is 11.6. The van der Waals surface area contributed by atoms with Crippen molar-refractivity contribution in [2.45, 2.75) is 32.6 Å². The largest absolute Gasteiger partial charge is 0.483 e. The summed E-state index contributed by atoms with van der Waals surface area (Å²) in [4.78, 5) is 25.7. The SMILES string of the molecule is CC1(C)CC(=O)C2=C(C1)OC(N)=C(C#N)C2c1ccccc1OCC(=O)Nc1cc(Cl)cc(Cl)c1. The Kier molecular flexibility index (Phi) is 6.79. The van der Waals surface area contributed by atoms with Crippen LogP contribution in [-0.2, 0) is 14.3 Å². The van der Waals surface area contributed by atoms with Gasteiger partial charge in [-0.25, -0.2) is 0 Å². The number of nitrogens with one attached hydrogen (secondary N) is 1. The van der Waals surface area contributed by atoms with Gasteiger partial charge in [-0.2, -0.15) is 5.26 Å². The first kappa shape index (κ1) is 24.6. The first-order chi connectivity index (χ1) is 16.6. The predicted molar refractivity (Wildman–Crippen MR) is 133 cm³/mol. The molecule has 0 saturated carbocycles. The summed E-state index contributed by atoms with van der Waals surface area (Å²) in [5.41, 5.74) is 7.33. The lowest BCUT2D eigenvalue weighted by molar-refractivity contribution is -0.119. The minimum Gasteiger partial charge on any atom is -0.483 e. The van der Waals surface area contributed by atoms with Gasteiger partial charge in [0.1, 0.15) is 23.2 Å². The average Bonchev–Trinajstić information content (AvgIpc) is 2.75. The molecular formula is C26H23Cl2N3O4. The van der Waals surface area contributed by atoms with Gasteiger partial charge in [0.15, 0.2) is 12.4 Å². The van der Waals surface area contributed by atoms with Gasteiger partial charge in [-0.3, -0.25) is 9.59 Å². The van der Waals surface area contributed by atoms with Crippen LogP contribution in [0.4, 0.5) is 5.69 Å². The molecule has 3 N–H and O–H groups in total. The maximum absolute atomic E-state index is 13.2. The lowest BCUT2D eigenvalue weighted by atomic mass is 9.70. The highest BCUT2D eigenvalue weighted by Crippen LogP contribution is 2.49. The van der Waals surface area contributed by atoms with Crippen LogP contribution in [0.3, 0.4) is 0 Å². The molecule has 0 saturated heterocycles. The maximum Gasteiger partial charge on any atom is 0.262 e. The van der Waals surface area contributed by atoms with Crippen LogP contribution in [0.25, 0.3) is 0 Å². The topological polar surface area (TPSA) is 114 Å². The van der Waals surface area contributed by atoms with Gasteiger partial charge in [0.05, 0.1) is 5.92 Å². The second kappa shape index (κ2) is 9.65. The average molecular weight is 512 g/mol. The summed E-state index contributed by atoms with van der Waals surface area (Å²) in [5, 5.41) is 13.3. The molecule has 1 unspecified atom stereocenters. The number of halogens is 2. The molecule has 2 aromatic carbocycles. The van der Waals surface area contributed by atoms with Gasteiger partial charge in [-0.1, -0.05) is 55.2 Å². The molecule has 2 aliphatic rings. The Bertz CT molecular complexity index is 1300. The molecule has 4 rings (SSSR count). The number of Topliss-reactive ketones (excluding diaryl/α,β-unsaturated/α-hetero) is 1. The van der Waals surface area contributed by atoms with Crippen LogP contribution in [0, 0.1) is 16.7 Å². The van der Waals surface area contributed by atoms with Crippen molar-refractivity contribution >= 4 is 40.6 Å². The van der Waals surface area contributed by atoms with Crippen LogP contribution < -0.4 is 15.8 Å². The lowest BCUT2D eigenvalue weighted by Gasteiger charge is -2.37. The molecule has 0 radical (unpaired) electrons. The first-order valence-electron chi connectivity index (χ1n) is 10.9. The van der Waals surface area contributed by atoms with Crippen LogP contribution >= 0.6 is 23.2 Å². The third kappa shape index (κ3) is 5.29. The van der Waals surface area contributed by atoms with E-state index in [9.17, 15) is 14.9 Å². The summed E-state index contributed by atoms with van der Waals surface area (Å²) in [5.74, 6) is -0.504. The minimum absolute atomic E-state index is 0.0351. The number of ketones is 1. The summed E-state index contributed by atoms with van der Waals surface area (Å²) < 4.78 is 11.6. The van der Waals surface area contributed by atoms with Crippen molar-refractivity contribution in [3.05, 3.63) is 80.9 Å². The van der Waals surface area contributed by atoms with Crippen LogP contribution in [-0.4, -0.2) is 18.3 Å². The monoisotopic (exact) mass is 511 g/mol. The van der Waals surface area contributed by atoms with Crippen LogP contribution in [0.15, 0.2) is 65.3 Å². The van der Waals surface area contributed by atoms with E-state index in [4.69, 9.17) is 38.4 Å². The molecule has 9 heteroatoms. The van der Waals surface area contributed by atoms with Crippen LogP contribution in [0.5, 0.6) is 5.75 Å². The van der Waals surface area contributed by atoms with Gasteiger partial charge in [0.25, 0.3) is 5.91 Å². The highest BCUT2D eigenvalue weighted by molar-refractivity contribution is 6.35. The number of carbonyl (C=O) groups excluding carboxylic acids is 2. The molecule has 1 atom stereocenters. The van der Waals surface area contributed by atoms with Crippen molar-refractivity contribution < 1.29 is 19.1 Å². The number of nitrogens with two attached hydrogens (primary N) is 1. The zero-order valence-electron chi connectivity index (χ0n) is 19.2. The Balaban J connectivity index is 1.63. The number of para-hydroxylation sites is 1. The van der Waals surface area contributed by atoms with Crippen molar-refractivity contribution in [1.29, 1.82) is 5.26 Å². The van der Waals surface area contributed by atoms with Crippen molar-refractivity contribution in [3.8, 4) is 11.8 Å². The predicted octanol–water partition coefficient (Wildman–Crippen LogP) is 5.46. The van der Waals surface area contributed by atoms with Crippen molar-refractivity contribution in [2.24, 2.45) is 11.1 Å². The molecule has 35 heavy (non-hydrogen) atoms. The highest BCUT2D eigenvalue weighted by atomic mass is 35.5. The van der Waals surface area contributed by atoms with E-state index in [0.717, 1.165) is 0 Å². The van der Waals surface area contributed by atoms with E-state index in [0.29, 0.717) is 51.2 Å². The Morgan fingerprint density at radius 1 is 1.23 bits per heavy atom. The fraction of sp³-hybridized carbons (Fsp3) is 0.269. The third-order valence-electron chi connectivity index (χ3n) is 5.81. The number of rotatable bonds is 5. The van der Waals surface area contributed by atoms with E-state index in [1.165, 1.54) is 0 Å². The molecule has 0 fully saturated rings. The summed E-state index contributed by atoms with van der Waals surface area (Å²) in [6.45, 7) is 3.64. The zero-order valence-corrected chi connectivity index (χ0v) is 20.7. The number of nitriles is 1. The number of ether oxygens (including phenoxy) is 2. The van der Waals surface area contributed by atoms with Crippen molar-refractivity contribution in [1.82, 2.24) is 0 Å². The van der Waals surface area contributed by atoms with E-state index < -0.39 is 11.8 Å². The van der Waals surface area contributed by atoms with Gasteiger partial charge in [-0.15, -0.1) is 0 Å². The fourth-order valence-electron chi connectivity index (χ4n) is 4.41. The lowest BCUT2D eigenvalue weighted by Crippen LogP contribution is -2.33. The Morgan fingerprint density at radius 3 is 2.60 bits per heavy atom. The summed E-state index contributed by atoms with van der Waals surface area (Å²) in [6.07, 6.45) is 0.829. The molecule has 180 valence electrons.